The Morgan fingerprint density at radius 3 is 2.12 bits per heavy atom. The number of likely N-dealkylation sites (N-methyl/N-ethyl adjacent to an activating group) is 1. The maximum absolute atomic E-state index is 12.3. The van der Waals surface area contributed by atoms with E-state index in [1.165, 1.54) is 4.90 Å². The molecule has 2 bridgehead atoms. The molecule has 0 aromatic carbocycles. The minimum atomic E-state index is -0.942. The largest absolute Gasteiger partial charge is 0.448 e. The molecule has 1 amide bonds. The number of rotatable bonds is 1. The highest BCUT2D eigenvalue weighted by molar-refractivity contribution is 5.96. The van der Waals surface area contributed by atoms with E-state index >= 15 is 0 Å². The summed E-state index contributed by atoms with van der Waals surface area (Å²) in [6, 6.07) is 0. The molecule has 0 spiro atoms. The Labute approximate surface area is 95.9 Å². The van der Waals surface area contributed by atoms with Gasteiger partial charge < -0.3 is 9.64 Å². The number of amides is 1. The van der Waals surface area contributed by atoms with Gasteiger partial charge in [0.25, 0.3) is 5.91 Å². The van der Waals surface area contributed by atoms with E-state index in [-0.39, 0.29) is 11.9 Å². The molecule has 2 fully saturated rings. The molecular weight excluding hydrogens is 206 g/mol. The summed E-state index contributed by atoms with van der Waals surface area (Å²) in [4.78, 5) is 25.7. The third-order valence-corrected chi connectivity index (χ3v) is 4.84. The van der Waals surface area contributed by atoms with Gasteiger partial charge in [0.05, 0.1) is 5.41 Å². The lowest BCUT2D eigenvalue weighted by atomic mass is 9.66. The molecule has 1 saturated heterocycles. The first kappa shape index (κ1) is 11.4. The summed E-state index contributed by atoms with van der Waals surface area (Å²) in [7, 11) is 3.41. The van der Waals surface area contributed by atoms with Crippen LogP contribution < -0.4 is 0 Å². The topological polar surface area (TPSA) is 46.6 Å². The lowest BCUT2D eigenvalue weighted by molar-refractivity contribution is -0.172. The fraction of sp³-hybridized carbons (Fsp3) is 0.833. The summed E-state index contributed by atoms with van der Waals surface area (Å²) in [5.41, 5.74) is -1.89. The van der Waals surface area contributed by atoms with E-state index in [2.05, 4.69) is 0 Å². The van der Waals surface area contributed by atoms with Crippen molar-refractivity contribution in [3.8, 4) is 0 Å². The van der Waals surface area contributed by atoms with Gasteiger partial charge in [-0.2, -0.15) is 0 Å². The summed E-state index contributed by atoms with van der Waals surface area (Å²) >= 11 is 0. The van der Waals surface area contributed by atoms with Crippen LogP contribution in [-0.4, -0.2) is 36.5 Å². The van der Waals surface area contributed by atoms with Crippen LogP contribution in [0.15, 0.2) is 0 Å². The summed E-state index contributed by atoms with van der Waals surface area (Å²) in [6.45, 7) is 5.84. The molecule has 1 saturated carbocycles. The molecule has 0 unspecified atom stereocenters. The maximum atomic E-state index is 12.3. The van der Waals surface area contributed by atoms with Gasteiger partial charge in [0.1, 0.15) is 0 Å². The second-order valence-electron chi connectivity index (χ2n) is 5.87. The van der Waals surface area contributed by atoms with Crippen molar-refractivity contribution in [1.82, 2.24) is 4.90 Å². The predicted molar refractivity (Wildman–Crippen MR) is 58.6 cm³/mol. The second-order valence-corrected chi connectivity index (χ2v) is 5.87. The highest BCUT2D eigenvalue weighted by atomic mass is 16.6. The van der Waals surface area contributed by atoms with Crippen LogP contribution >= 0.6 is 0 Å². The number of esters is 1. The molecule has 1 aliphatic heterocycles. The van der Waals surface area contributed by atoms with E-state index in [0.29, 0.717) is 6.42 Å². The number of carbonyl (C=O) groups is 2. The van der Waals surface area contributed by atoms with Gasteiger partial charge in [-0.1, -0.05) is 13.8 Å². The third kappa shape index (κ3) is 0.913. The molecule has 16 heavy (non-hydrogen) atoms. The van der Waals surface area contributed by atoms with E-state index in [9.17, 15) is 9.59 Å². The van der Waals surface area contributed by atoms with E-state index in [0.717, 1.165) is 6.42 Å². The summed E-state index contributed by atoms with van der Waals surface area (Å²) < 4.78 is 5.46. The van der Waals surface area contributed by atoms with Gasteiger partial charge >= 0.3 is 5.97 Å². The first-order valence-electron chi connectivity index (χ1n) is 5.64. The van der Waals surface area contributed by atoms with Crippen molar-refractivity contribution in [3.05, 3.63) is 0 Å². The molecule has 0 aromatic rings. The molecule has 1 heterocycles. The number of hydrogen-bond acceptors (Lipinski definition) is 3. The van der Waals surface area contributed by atoms with Crippen LogP contribution in [0, 0.1) is 10.8 Å². The van der Waals surface area contributed by atoms with Crippen LogP contribution in [-0.2, 0) is 14.3 Å². The van der Waals surface area contributed by atoms with Gasteiger partial charge in [0.2, 0.25) is 0 Å². The van der Waals surface area contributed by atoms with Crippen molar-refractivity contribution in [2.75, 3.05) is 14.1 Å². The van der Waals surface area contributed by atoms with Crippen LogP contribution in [0.1, 0.15) is 33.6 Å². The quantitative estimate of drug-likeness (QED) is 0.630. The Bertz CT molecular complexity index is 374. The molecule has 4 nitrogen and oxygen atoms in total. The SMILES string of the molecule is CN(C)C(=O)[C@@]12CC[C@](C)(C(=O)O1)C2(C)C. The van der Waals surface area contributed by atoms with Crippen molar-refractivity contribution in [1.29, 1.82) is 0 Å². The molecule has 0 N–H and O–H groups in total. The van der Waals surface area contributed by atoms with E-state index in [1.807, 2.05) is 20.8 Å². The third-order valence-electron chi connectivity index (χ3n) is 4.84. The maximum Gasteiger partial charge on any atom is 0.313 e. The van der Waals surface area contributed by atoms with Crippen LogP contribution in [0.2, 0.25) is 0 Å². The minimum absolute atomic E-state index is 0.0907. The number of carbonyl (C=O) groups excluding carboxylic acids is 2. The van der Waals surface area contributed by atoms with Gasteiger partial charge in [-0.25, -0.2) is 0 Å². The highest BCUT2D eigenvalue weighted by Gasteiger charge is 2.75. The number of nitrogens with zero attached hydrogens (tertiary/aromatic N) is 1. The van der Waals surface area contributed by atoms with Gasteiger partial charge in [-0.3, -0.25) is 9.59 Å². The van der Waals surface area contributed by atoms with Gasteiger partial charge in [-0.05, 0) is 19.8 Å². The molecule has 2 rings (SSSR count). The molecule has 0 radical (unpaired) electrons. The van der Waals surface area contributed by atoms with Crippen LogP contribution in [0.4, 0.5) is 0 Å². The Morgan fingerprint density at radius 2 is 1.81 bits per heavy atom. The van der Waals surface area contributed by atoms with E-state index < -0.39 is 16.4 Å². The standard InChI is InChI=1S/C12H19NO3/c1-10(2)11(3)6-7-12(10,16-9(11)15)8(14)13(4)5/h6-7H2,1-5H3/t11-,12-/m1/s1. The van der Waals surface area contributed by atoms with Crippen LogP contribution in [0.25, 0.3) is 0 Å². The van der Waals surface area contributed by atoms with Gasteiger partial charge in [-0.15, -0.1) is 0 Å². The molecule has 1 aliphatic carbocycles. The predicted octanol–water partition coefficient (Wildman–Crippen LogP) is 1.20. The number of fused-ring (bicyclic) bond motifs is 2. The van der Waals surface area contributed by atoms with Crippen molar-refractivity contribution >= 4 is 11.9 Å². The first-order valence-corrected chi connectivity index (χ1v) is 5.64. The minimum Gasteiger partial charge on any atom is -0.448 e. The highest BCUT2D eigenvalue weighted by Crippen LogP contribution is 2.65. The van der Waals surface area contributed by atoms with Crippen molar-refractivity contribution < 1.29 is 14.3 Å². The summed E-state index contributed by atoms with van der Waals surface area (Å²) in [6.07, 6.45) is 1.37. The molecule has 90 valence electrons. The smallest absolute Gasteiger partial charge is 0.313 e. The normalized spacial score (nSPS) is 39.7. The Kier molecular flexibility index (Phi) is 1.99. The van der Waals surface area contributed by atoms with E-state index in [4.69, 9.17) is 4.74 Å². The van der Waals surface area contributed by atoms with Crippen LogP contribution in [0.3, 0.4) is 0 Å². The van der Waals surface area contributed by atoms with Crippen molar-refractivity contribution in [3.63, 3.8) is 0 Å². The number of ether oxygens (including phenoxy) is 1. The monoisotopic (exact) mass is 225 g/mol. The van der Waals surface area contributed by atoms with E-state index in [1.54, 1.807) is 14.1 Å². The lowest BCUT2D eigenvalue weighted by Gasteiger charge is -2.36. The van der Waals surface area contributed by atoms with Gasteiger partial charge in [0, 0.05) is 19.5 Å². The lowest BCUT2D eigenvalue weighted by Crippen LogP contribution is -2.52. The molecule has 0 aromatic heterocycles. The summed E-state index contributed by atoms with van der Waals surface area (Å²) in [5.74, 6) is -0.314. The average molecular weight is 225 g/mol. The zero-order valence-electron chi connectivity index (χ0n) is 10.6. The Hall–Kier alpha value is -1.06. The van der Waals surface area contributed by atoms with Crippen molar-refractivity contribution in [2.24, 2.45) is 10.8 Å². The zero-order chi connectivity index (χ0) is 12.4. The Morgan fingerprint density at radius 1 is 1.25 bits per heavy atom. The molecule has 2 atom stereocenters. The Balaban J connectivity index is 2.52. The number of hydrogen-bond donors (Lipinski definition) is 0. The summed E-state index contributed by atoms with van der Waals surface area (Å²) in [5, 5.41) is 0. The first-order chi connectivity index (χ1) is 7.19. The molecule has 2 aliphatic rings. The fourth-order valence-corrected chi connectivity index (χ4v) is 3.08. The average Bonchev–Trinajstić information content (AvgIpc) is 2.46. The second kappa shape index (κ2) is 2.79. The van der Waals surface area contributed by atoms with Crippen molar-refractivity contribution in [2.45, 2.75) is 39.2 Å². The van der Waals surface area contributed by atoms with Crippen LogP contribution in [0.5, 0.6) is 0 Å². The zero-order valence-corrected chi connectivity index (χ0v) is 10.6. The molecular formula is C12H19NO3. The fourth-order valence-electron chi connectivity index (χ4n) is 3.08. The van der Waals surface area contributed by atoms with Gasteiger partial charge in [0.15, 0.2) is 5.60 Å². The molecule has 4 heteroatoms.